The number of hydrogen-bond acceptors (Lipinski definition) is 3. The van der Waals surface area contributed by atoms with Crippen molar-refractivity contribution in [2.24, 2.45) is 0 Å². The average Bonchev–Trinajstić information content (AvgIpc) is 2.60. The predicted octanol–water partition coefficient (Wildman–Crippen LogP) is 3.26. The van der Waals surface area contributed by atoms with Crippen LogP contribution in [0.5, 0.6) is 0 Å². The smallest absolute Gasteiger partial charge is 0.196 e. The fourth-order valence-electron chi connectivity index (χ4n) is 1.25. The summed E-state index contributed by atoms with van der Waals surface area (Å²) < 4.78 is 5.24. The van der Waals surface area contributed by atoms with Crippen LogP contribution in [0.1, 0.15) is 17.4 Å². The van der Waals surface area contributed by atoms with Crippen LogP contribution in [0.2, 0.25) is 0 Å². The molecule has 14 heavy (non-hydrogen) atoms. The number of nitrogens with zero attached hydrogens (tertiary/aromatic N) is 1. The van der Waals surface area contributed by atoms with E-state index < -0.39 is 0 Å². The number of carbonyl (C=O) groups excluding carboxylic acids is 1. The molecular weight excluding hydrogens is 262 g/mol. The molecule has 0 radical (unpaired) electrons. The molecule has 0 saturated carbocycles. The Kier molecular flexibility index (Phi) is 2.65. The molecule has 0 N–H and O–H groups in total. The second kappa shape index (κ2) is 3.79. The van der Waals surface area contributed by atoms with Gasteiger partial charge in [0.15, 0.2) is 5.78 Å². The molecule has 0 saturated heterocycles. The van der Waals surface area contributed by atoms with Crippen LogP contribution in [0.3, 0.4) is 0 Å². The molecule has 0 aliphatic rings. The highest BCUT2D eigenvalue weighted by Crippen LogP contribution is 2.24. The molecule has 1 heterocycles. The van der Waals surface area contributed by atoms with Crippen molar-refractivity contribution in [3.8, 4) is 0 Å². The van der Waals surface area contributed by atoms with Gasteiger partial charge in [-0.25, -0.2) is 0 Å². The summed E-state index contributed by atoms with van der Waals surface area (Å²) in [6.07, 6.45) is 0. The number of hydrogen-bond donors (Lipinski definition) is 0. The number of rotatable bonds is 2. The van der Waals surface area contributed by atoms with Crippen LogP contribution < -0.4 is 0 Å². The zero-order valence-electron chi connectivity index (χ0n) is 7.53. The Hall–Kier alpha value is -0.740. The van der Waals surface area contributed by atoms with Crippen molar-refractivity contribution in [1.29, 1.82) is 0 Å². The number of benzene rings is 1. The lowest BCUT2D eigenvalue weighted by Gasteiger charge is -1.98. The fraction of sp³-hybridized carbons (Fsp3) is 0.200. The van der Waals surface area contributed by atoms with Crippen molar-refractivity contribution < 1.29 is 4.79 Å². The number of halogens is 1. The minimum Gasteiger partial charge on any atom is -0.291 e. The summed E-state index contributed by atoms with van der Waals surface area (Å²) in [5, 5.41) is 0.953. The van der Waals surface area contributed by atoms with E-state index in [1.165, 1.54) is 11.5 Å². The second-order valence-corrected chi connectivity index (χ2v) is 5.19. The third-order valence-corrected chi connectivity index (χ3v) is 3.21. The van der Waals surface area contributed by atoms with Gasteiger partial charge in [-0.2, -0.15) is 4.37 Å². The van der Waals surface area contributed by atoms with E-state index in [1.54, 1.807) is 0 Å². The van der Waals surface area contributed by atoms with Gasteiger partial charge in [0.05, 0.1) is 9.53 Å². The highest BCUT2D eigenvalue weighted by Gasteiger charge is 2.17. The number of alkyl halides is 1. The molecule has 0 fully saturated rings. The minimum absolute atomic E-state index is 0.0439. The predicted molar refractivity (Wildman–Crippen MR) is 62.3 cm³/mol. The van der Waals surface area contributed by atoms with E-state index in [2.05, 4.69) is 20.3 Å². The molecule has 2 rings (SSSR count). The van der Waals surface area contributed by atoms with Gasteiger partial charge in [-0.15, -0.1) is 0 Å². The molecule has 2 aromatic rings. The lowest BCUT2D eigenvalue weighted by atomic mass is 10.1. The SMILES string of the molecule is CC(Br)C(=O)c1nsc2ccccc12. The van der Waals surface area contributed by atoms with Crippen LogP contribution in [-0.2, 0) is 0 Å². The Morgan fingerprint density at radius 3 is 2.93 bits per heavy atom. The summed E-state index contributed by atoms with van der Waals surface area (Å²) in [5.74, 6) is 0.0439. The van der Waals surface area contributed by atoms with Gasteiger partial charge < -0.3 is 0 Å². The summed E-state index contributed by atoms with van der Waals surface area (Å²) in [4.78, 5) is 11.5. The molecule has 1 aromatic heterocycles. The molecule has 1 unspecified atom stereocenters. The summed E-state index contributed by atoms with van der Waals surface area (Å²) in [6.45, 7) is 1.82. The summed E-state index contributed by atoms with van der Waals surface area (Å²) in [5.41, 5.74) is 0.579. The Morgan fingerprint density at radius 2 is 2.21 bits per heavy atom. The zero-order chi connectivity index (χ0) is 10.1. The van der Waals surface area contributed by atoms with Crippen molar-refractivity contribution in [2.75, 3.05) is 0 Å². The molecule has 0 amide bonds. The van der Waals surface area contributed by atoms with Gasteiger partial charge in [-0.05, 0) is 24.5 Å². The Balaban J connectivity index is 2.58. The molecule has 0 bridgehead atoms. The molecular formula is C10H8BrNOS. The molecule has 1 aromatic carbocycles. The third-order valence-electron chi connectivity index (χ3n) is 1.97. The van der Waals surface area contributed by atoms with Crippen LogP contribution in [0.4, 0.5) is 0 Å². The number of aromatic nitrogens is 1. The van der Waals surface area contributed by atoms with E-state index in [-0.39, 0.29) is 10.6 Å². The lowest BCUT2D eigenvalue weighted by Crippen LogP contribution is -2.10. The number of carbonyl (C=O) groups is 1. The highest BCUT2D eigenvalue weighted by atomic mass is 79.9. The molecule has 72 valence electrons. The van der Waals surface area contributed by atoms with Crippen LogP contribution in [-0.4, -0.2) is 15.0 Å². The first-order valence-electron chi connectivity index (χ1n) is 4.23. The van der Waals surface area contributed by atoms with Crippen LogP contribution in [0.15, 0.2) is 24.3 Å². The molecule has 0 spiro atoms. The monoisotopic (exact) mass is 269 g/mol. The van der Waals surface area contributed by atoms with E-state index in [4.69, 9.17) is 0 Å². The molecule has 1 atom stereocenters. The van der Waals surface area contributed by atoms with Crippen LogP contribution in [0, 0.1) is 0 Å². The van der Waals surface area contributed by atoms with Crippen molar-refractivity contribution in [1.82, 2.24) is 4.37 Å². The van der Waals surface area contributed by atoms with Crippen molar-refractivity contribution in [3.63, 3.8) is 0 Å². The van der Waals surface area contributed by atoms with E-state index >= 15 is 0 Å². The summed E-state index contributed by atoms with van der Waals surface area (Å²) in [7, 11) is 0. The van der Waals surface area contributed by atoms with Gasteiger partial charge >= 0.3 is 0 Å². The fourth-order valence-corrected chi connectivity index (χ4v) is 2.25. The number of fused-ring (bicyclic) bond motifs is 1. The maximum absolute atomic E-state index is 11.7. The van der Waals surface area contributed by atoms with Crippen LogP contribution in [0.25, 0.3) is 10.1 Å². The van der Waals surface area contributed by atoms with Gasteiger partial charge in [0.1, 0.15) is 5.69 Å². The van der Waals surface area contributed by atoms with Gasteiger partial charge in [0.25, 0.3) is 0 Å². The molecule has 2 nitrogen and oxygen atoms in total. The first kappa shape index (κ1) is 9.80. The first-order chi connectivity index (χ1) is 6.70. The van der Waals surface area contributed by atoms with E-state index in [9.17, 15) is 4.79 Å². The van der Waals surface area contributed by atoms with E-state index in [0.717, 1.165) is 10.1 Å². The Bertz CT molecular complexity index is 478. The van der Waals surface area contributed by atoms with E-state index in [0.29, 0.717) is 5.69 Å². The van der Waals surface area contributed by atoms with Crippen LogP contribution >= 0.6 is 27.5 Å². The second-order valence-electron chi connectivity index (χ2n) is 3.01. The number of Topliss-reactive ketones (excluding diaryl/α,β-unsaturated/α-hetero) is 1. The number of ketones is 1. The third kappa shape index (κ3) is 1.60. The normalized spacial score (nSPS) is 13.0. The zero-order valence-corrected chi connectivity index (χ0v) is 9.93. The van der Waals surface area contributed by atoms with Crippen molar-refractivity contribution in [3.05, 3.63) is 30.0 Å². The average molecular weight is 270 g/mol. The van der Waals surface area contributed by atoms with Crippen molar-refractivity contribution in [2.45, 2.75) is 11.8 Å². The summed E-state index contributed by atoms with van der Waals surface area (Å²) >= 11 is 4.63. The molecule has 4 heteroatoms. The maximum Gasteiger partial charge on any atom is 0.196 e. The van der Waals surface area contributed by atoms with Gasteiger partial charge in [-0.3, -0.25) is 4.79 Å². The first-order valence-corrected chi connectivity index (χ1v) is 5.92. The van der Waals surface area contributed by atoms with Gasteiger partial charge in [0, 0.05) is 5.39 Å². The molecule has 0 aliphatic carbocycles. The van der Waals surface area contributed by atoms with Crippen molar-refractivity contribution >= 4 is 43.3 Å². The largest absolute Gasteiger partial charge is 0.291 e. The quantitative estimate of drug-likeness (QED) is 0.619. The maximum atomic E-state index is 11.7. The lowest BCUT2D eigenvalue weighted by molar-refractivity contribution is 0.0994. The van der Waals surface area contributed by atoms with E-state index in [1.807, 2.05) is 31.2 Å². The minimum atomic E-state index is -0.173. The Labute approximate surface area is 94.2 Å². The standard InChI is InChI=1S/C10H8BrNOS/c1-6(11)10(13)9-7-4-2-3-5-8(7)14-12-9/h2-6H,1H3. The summed E-state index contributed by atoms with van der Waals surface area (Å²) in [6, 6.07) is 7.78. The van der Waals surface area contributed by atoms with Gasteiger partial charge in [0.2, 0.25) is 0 Å². The molecule has 0 aliphatic heterocycles. The highest BCUT2D eigenvalue weighted by molar-refractivity contribution is 9.10. The Morgan fingerprint density at radius 1 is 1.50 bits per heavy atom. The topological polar surface area (TPSA) is 30.0 Å². The van der Waals surface area contributed by atoms with Gasteiger partial charge in [-0.1, -0.05) is 34.1 Å².